The lowest BCUT2D eigenvalue weighted by molar-refractivity contribution is -0.138. The number of nitrogens with one attached hydrogen (secondary N) is 4. The number of H-pyrrole nitrogens is 1. The van der Waals surface area contributed by atoms with Gasteiger partial charge in [0.25, 0.3) is 5.91 Å². The highest BCUT2D eigenvalue weighted by Crippen LogP contribution is 2.40. The van der Waals surface area contributed by atoms with E-state index in [0.717, 1.165) is 33.8 Å². The number of nitrogens with two attached hydrogens (primary N) is 2. The van der Waals surface area contributed by atoms with E-state index >= 15 is 0 Å². The maximum atomic E-state index is 12.7. The summed E-state index contributed by atoms with van der Waals surface area (Å²) in [5.74, 6) is -1.77. The first kappa shape index (κ1) is 33.6. The number of carboxylic acid groups (broad SMARTS) is 2. The Morgan fingerprint density at radius 3 is 2.46 bits per heavy atom. The molecule has 4 aliphatic rings. The zero-order chi connectivity index (χ0) is 33.4. The van der Waals surface area contributed by atoms with Crippen LogP contribution in [0.2, 0.25) is 0 Å². The molecule has 5 heterocycles. The van der Waals surface area contributed by atoms with Crippen molar-refractivity contribution in [2.75, 3.05) is 12.3 Å². The van der Waals surface area contributed by atoms with Crippen molar-refractivity contribution in [3.63, 3.8) is 0 Å². The Balaban J connectivity index is 1.55. The van der Waals surface area contributed by atoms with E-state index in [4.69, 9.17) is 11.5 Å². The van der Waals surface area contributed by atoms with Gasteiger partial charge in [0, 0.05) is 77.5 Å². The highest BCUT2D eigenvalue weighted by atomic mass is 32.2. The van der Waals surface area contributed by atoms with Crippen molar-refractivity contribution < 1.29 is 29.4 Å². The van der Waals surface area contributed by atoms with Gasteiger partial charge in [0.1, 0.15) is 0 Å². The molecule has 1 aromatic heterocycles. The maximum Gasteiger partial charge on any atom is 0.304 e. The van der Waals surface area contributed by atoms with Gasteiger partial charge in [-0.15, -0.1) is 0 Å². The van der Waals surface area contributed by atoms with Gasteiger partial charge in [0.2, 0.25) is 5.91 Å². The van der Waals surface area contributed by atoms with Gasteiger partial charge in [0.05, 0.1) is 18.5 Å². The lowest BCUT2D eigenvalue weighted by Gasteiger charge is -2.24. The number of carbonyl (C=O) groups is 4. The quantitative estimate of drug-likeness (QED) is 0.0852. The fourth-order valence-corrected chi connectivity index (χ4v) is 8.46. The Morgan fingerprint density at radius 1 is 1.15 bits per heavy atom. The van der Waals surface area contributed by atoms with Crippen molar-refractivity contribution in [1.29, 1.82) is 0 Å². The first-order valence-electron chi connectivity index (χ1n) is 15.7. The molecule has 1 aromatic rings. The van der Waals surface area contributed by atoms with Gasteiger partial charge in [-0.3, -0.25) is 19.2 Å². The number of aromatic amines is 1. The summed E-state index contributed by atoms with van der Waals surface area (Å²) in [6.07, 6.45) is 5.86. The van der Waals surface area contributed by atoms with Crippen LogP contribution >= 0.6 is 0 Å². The van der Waals surface area contributed by atoms with E-state index in [2.05, 4.69) is 27.5 Å². The minimum absolute atomic E-state index is 0.0207. The second kappa shape index (κ2) is 13.5. The molecule has 0 aromatic carbocycles. The molecule has 4 aliphatic heterocycles. The van der Waals surface area contributed by atoms with Crippen molar-refractivity contribution in [3.05, 3.63) is 63.8 Å². The Kier molecular flexibility index (Phi) is 9.85. The third-order valence-corrected chi connectivity index (χ3v) is 11.2. The third-order valence-electron chi connectivity index (χ3n) is 10.0. The van der Waals surface area contributed by atoms with Crippen LogP contribution in [0.1, 0.15) is 49.2 Å². The summed E-state index contributed by atoms with van der Waals surface area (Å²) < 4.78 is 0. The molecule has 5 rings (SSSR count). The summed E-state index contributed by atoms with van der Waals surface area (Å²) in [6.45, 7) is 9.74. The van der Waals surface area contributed by atoms with Gasteiger partial charge in [-0.1, -0.05) is 19.6 Å². The SMILES string of the molecule is C=CC1=C(C)[C@@H](Cc2[nH]c(/C=C3\N/C(=C/[C@@H]4NC(=O)[C@H](C)[C@H]4[C@@H]4C[SH+]4)C(CN)C3[C@@H](N)CC(=O)O)c(CCC(=O)O)c2C)NC1=O. The summed E-state index contributed by atoms with van der Waals surface area (Å²) in [7, 11) is 0. The third kappa shape index (κ3) is 6.67. The highest BCUT2D eigenvalue weighted by Gasteiger charge is 2.54. The molecule has 2 amide bonds. The van der Waals surface area contributed by atoms with Crippen molar-refractivity contribution in [2.45, 2.75) is 69.8 Å². The van der Waals surface area contributed by atoms with Crippen LogP contribution in [0.3, 0.4) is 0 Å². The van der Waals surface area contributed by atoms with E-state index in [1.807, 2.05) is 32.9 Å². The topological polar surface area (TPSA) is 213 Å². The predicted octanol–water partition coefficient (Wildman–Crippen LogP) is 0.653. The second-order valence-corrected chi connectivity index (χ2v) is 14.2. The van der Waals surface area contributed by atoms with E-state index in [1.165, 1.54) is 11.8 Å². The van der Waals surface area contributed by atoms with Gasteiger partial charge in [0.15, 0.2) is 11.0 Å². The number of thiol groups is 1. The van der Waals surface area contributed by atoms with E-state index in [0.29, 0.717) is 28.6 Å². The number of amides is 2. The molecule has 0 aliphatic carbocycles. The first-order chi connectivity index (χ1) is 21.8. The van der Waals surface area contributed by atoms with Crippen LogP contribution in [0.15, 0.2) is 41.3 Å². The number of rotatable bonds is 13. The summed E-state index contributed by atoms with van der Waals surface area (Å²) in [6, 6.07) is -1.19. The predicted molar refractivity (Wildman–Crippen MR) is 177 cm³/mol. The minimum atomic E-state index is -1.02. The molecule has 0 bridgehead atoms. The number of carbonyl (C=O) groups excluding carboxylic acids is 2. The Hall–Kier alpha value is -3.81. The number of hydrogen-bond acceptors (Lipinski definition) is 7. The standard InChI is InChI=1S/C33H44N6O6S/c1-5-17-14(2)22(38-33(17)45)9-21-15(3)18(6-7-28(40)41)23(36-21)10-26-31(20(35)8-29(42)43)19(12-34)24(37-26)11-25-30(27-13-46-27)16(4)32(44)39-25/h5,10-11,16,19-20,22,25,27,30-31,36-37H,1,6-9,12-13,34-35H2,2-4H3,(H,38,45)(H,39,44)(H,40,41)(H,42,43)/p+1/b24-11+,26-10-/t16-,19?,20+,22-,25+,27+,30-,31?/m1/s1. The van der Waals surface area contributed by atoms with Crippen molar-refractivity contribution in [1.82, 2.24) is 20.9 Å². The van der Waals surface area contributed by atoms with Gasteiger partial charge in [-0.05, 0) is 60.9 Å². The van der Waals surface area contributed by atoms with Gasteiger partial charge < -0.3 is 42.6 Å². The molecule has 3 saturated heterocycles. The van der Waals surface area contributed by atoms with E-state index in [9.17, 15) is 29.4 Å². The molecule has 0 radical (unpaired) electrons. The molecule has 3 fully saturated rings. The molecular formula is C33H45N6O6S+. The lowest BCUT2D eigenvalue weighted by Crippen LogP contribution is -2.38. The van der Waals surface area contributed by atoms with Crippen LogP contribution in [-0.2, 0) is 43.8 Å². The molecule has 2 unspecified atom stereocenters. The van der Waals surface area contributed by atoms with E-state index < -0.39 is 23.9 Å². The van der Waals surface area contributed by atoms with Crippen LogP contribution in [-0.4, -0.2) is 74.6 Å². The zero-order valence-corrected chi connectivity index (χ0v) is 27.3. The van der Waals surface area contributed by atoms with Gasteiger partial charge >= 0.3 is 11.9 Å². The van der Waals surface area contributed by atoms with E-state index in [1.54, 1.807) is 6.08 Å². The molecule has 0 saturated carbocycles. The second-order valence-electron chi connectivity index (χ2n) is 12.9. The van der Waals surface area contributed by atoms with Gasteiger partial charge in [-0.2, -0.15) is 0 Å². The molecule has 13 heteroatoms. The molecular weight excluding hydrogens is 608 g/mol. The molecule has 12 nitrogen and oxygen atoms in total. The number of aromatic nitrogens is 1. The van der Waals surface area contributed by atoms with Crippen molar-refractivity contribution in [3.8, 4) is 0 Å². The molecule has 46 heavy (non-hydrogen) atoms. The largest absolute Gasteiger partial charge is 0.481 e. The van der Waals surface area contributed by atoms with Crippen LogP contribution in [0.4, 0.5) is 0 Å². The summed E-state index contributed by atoms with van der Waals surface area (Å²) in [4.78, 5) is 52.0. The fraction of sp³-hybridized carbons (Fsp3) is 0.515. The molecule has 248 valence electrons. The molecule has 0 spiro atoms. The first-order valence-corrected chi connectivity index (χ1v) is 16.9. The van der Waals surface area contributed by atoms with Crippen LogP contribution < -0.4 is 27.4 Å². The average Bonchev–Trinajstić information content (AvgIpc) is 3.52. The average molecular weight is 654 g/mol. The smallest absolute Gasteiger partial charge is 0.304 e. The Morgan fingerprint density at radius 2 is 1.87 bits per heavy atom. The van der Waals surface area contributed by atoms with Crippen molar-refractivity contribution in [2.24, 2.45) is 35.1 Å². The minimum Gasteiger partial charge on any atom is -0.481 e. The lowest BCUT2D eigenvalue weighted by atomic mass is 9.82. The highest BCUT2D eigenvalue weighted by molar-refractivity contribution is 7.86. The summed E-state index contributed by atoms with van der Waals surface area (Å²) in [5.41, 5.74) is 19.1. The summed E-state index contributed by atoms with van der Waals surface area (Å²) >= 11 is 1.34. The molecule has 8 atom stereocenters. The monoisotopic (exact) mass is 653 g/mol. The maximum absolute atomic E-state index is 12.7. The number of hydrogen-bond donors (Lipinski definition) is 8. The Labute approximate surface area is 272 Å². The molecule has 10 N–H and O–H groups in total. The summed E-state index contributed by atoms with van der Waals surface area (Å²) in [5, 5.41) is 29.2. The zero-order valence-electron chi connectivity index (χ0n) is 26.4. The number of aliphatic carboxylic acids is 2. The van der Waals surface area contributed by atoms with Crippen molar-refractivity contribution >= 4 is 41.6 Å². The Bertz CT molecular complexity index is 1540. The van der Waals surface area contributed by atoms with Crippen LogP contribution in [0.5, 0.6) is 0 Å². The van der Waals surface area contributed by atoms with Crippen LogP contribution in [0, 0.1) is 30.6 Å². The normalized spacial score (nSPS) is 31.3. The van der Waals surface area contributed by atoms with Gasteiger partial charge in [-0.25, -0.2) is 0 Å². The van der Waals surface area contributed by atoms with E-state index in [-0.39, 0.29) is 67.5 Å². The number of carboxylic acids is 2. The van der Waals surface area contributed by atoms with Crippen LogP contribution in [0.25, 0.3) is 6.08 Å². The fourth-order valence-electron chi connectivity index (χ4n) is 7.41.